The summed E-state index contributed by atoms with van der Waals surface area (Å²) >= 11 is 0. The Labute approximate surface area is 153 Å². The van der Waals surface area contributed by atoms with Gasteiger partial charge >= 0.3 is 5.97 Å². The highest BCUT2D eigenvalue weighted by Crippen LogP contribution is 2.27. The molecule has 0 aliphatic carbocycles. The van der Waals surface area contributed by atoms with Crippen LogP contribution in [0, 0.1) is 6.92 Å². The molecule has 26 heavy (non-hydrogen) atoms. The molecule has 142 valence electrons. The molecule has 1 amide bonds. The molecule has 2 aliphatic rings. The maximum Gasteiger partial charge on any atom is 0.306 e. The lowest BCUT2D eigenvalue weighted by molar-refractivity contribution is -0.145. The second-order valence-electron chi connectivity index (χ2n) is 6.49. The molecule has 0 bridgehead atoms. The van der Waals surface area contributed by atoms with Crippen molar-refractivity contribution in [3.05, 3.63) is 17.1 Å². The summed E-state index contributed by atoms with van der Waals surface area (Å²) in [6, 6.07) is 0. The predicted molar refractivity (Wildman–Crippen MR) is 94.8 cm³/mol. The van der Waals surface area contributed by atoms with Crippen LogP contribution in [0.15, 0.2) is 0 Å². The molecule has 0 atom stereocenters. The normalized spacial score (nSPS) is 17.0. The summed E-state index contributed by atoms with van der Waals surface area (Å²) in [5, 5.41) is 0. The number of amides is 1. The van der Waals surface area contributed by atoms with Crippen LogP contribution in [-0.4, -0.2) is 66.2 Å². The van der Waals surface area contributed by atoms with Crippen LogP contribution in [0.1, 0.15) is 36.8 Å². The molecule has 0 aromatic carbocycles. The van der Waals surface area contributed by atoms with Crippen LogP contribution >= 0.6 is 0 Å². The first kappa shape index (κ1) is 18.6. The van der Waals surface area contributed by atoms with Gasteiger partial charge in [-0.15, -0.1) is 0 Å². The zero-order chi connectivity index (χ0) is 18.5. The van der Waals surface area contributed by atoms with Crippen molar-refractivity contribution in [2.75, 3.05) is 44.4 Å². The summed E-state index contributed by atoms with van der Waals surface area (Å²) in [6.45, 7) is 8.05. The number of aryl methyl sites for hydroxylation is 1. The van der Waals surface area contributed by atoms with E-state index in [1.165, 1.54) is 0 Å². The minimum Gasteiger partial charge on any atom is -0.466 e. The second-order valence-corrected chi connectivity index (χ2v) is 6.49. The molecule has 1 aromatic heterocycles. The summed E-state index contributed by atoms with van der Waals surface area (Å²) < 4.78 is 10.3. The average Bonchev–Trinajstić information content (AvgIpc) is 2.66. The largest absolute Gasteiger partial charge is 0.466 e. The van der Waals surface area contributed by atoms with Crippen LogP contribution < -0.4 is 4.90 Å². The number of fused-ring (bicyclic) bond motifs is 1. The van der Waals surface area contributed by atoms with E-state index in [0.29, 0.717) is 39.3 Å². The van der Waals surface area contributed by atoms with E-state index in [2.05, 4.69) is 14.9 Å². The van der Waals surface area contributed by atoms with Crippen molar-refractivity contribution < 1.29 is 19.1 Å². The number of ether oxygens (including phenoxy) is 2. The van der Waals surface area contributed by atoms with Crippen molar-refractivity contribution in [1.82, 2.24) is 14.9 Å². The Morgan fingerprint density at radius 3 is 2.65 bits per heavy atom. The maximum atomic E-state index is 12.5. The van der Waals surface area contributed by atoms with Gasteiger partial charge in [-0.05, 0) is 13.8 Å². The van der Waals surface area contributed by atoms with E-state index in [9.17, 15) is 9.59 Å². The van der Waals surface area contributed by atoms with Crippen LogP contribution in [0.4, 0.5) is 5.82 Å². The zero-order valence-electron chi connectivity index (χ0n) is 15.5. The van der Waals surface area contributed by atoms with Gasteiger partial charge in [0.2, 0.25) is 5.91 Å². The zero-order valence-corrected chi connectivity index (χ0v) is 15.5. The van der Waals surface area contributed by atoms with Gasteiger partial charge in [0, 0.05) is 38.0 Å². The first-order chi connectivity index (χ1) is 12.6. The van der Waals surface area contributed by atoms with Crippen LogP contribution in [0.25, 0.3) is 0 Å². The maximum absolute atomic E-state index is 12.5. The van der Waals surface area contributed by atoms with E-state index in [0.717, 1.165) is 36.0 Å². The molecule has 3 rings (SSSR count). The number of anilines is 1. The number of carbonyl (C=O) groups excluding carboxylic acids is 2. The van der Waals surface area contributed by atoms with Gasteiger partial charge in [-0.1, -0.05) is 0 Å². The molecule has 0 radical (unpaired) electrons. The number of hydrogen-bond acceptors (Lipinski definition) is 7. The summed E-state index contributed by atoms with van der Waals surface area (Å²) in [5.41, 5.74) is 2.04. The molecule has 1 saturated heterocycles. The number of hydrogen-bond donors (Lipinski definition) is 0. The fourth-order valence-corrected chi connectivity index (χ4v) is 3.37. The Bertz CT molecular complexity index is 673. The van der Waals surface area contributed by atoms with E-state index in [-0.39, 0.29) is 24.7 Å². The number of rotatable bonds is 5. The van der Waals surface area contributed by atoms with Crippen LogP contribution in [-0.2, 0) is 32.0 Å². The number of esters is 1. The standard InChI is InChI=1S/C18H26N4O4/c1-3-26-17(24)5-4-16(23)22-7-6-15-14(12-22)18(20-13(2)19-15)21-8-10-25-11-9-21/h3-12H2,1-2H3. The first-order valence-electron chi connectivity index (χ1n) is 9.21. The van der Waals surface area contributed by atoms with Crippen molar-refractivity contribution >= 4 is 17.7 Å². The molecule has 2 aliphatic heterocycles. The lowest BCUT2D eigenvalue weighted by atomic mass is 10.0. The molecule has 1 fully saturated rings. The van der Waals surface area contributed by atoms with Gasteiger partial charge in [-0.25, -0.2) is 9.97 Å². The predicted octanol–water partition coefficient (Wildman–Crippen LogP) is 0.850. The van der Waals surface area contributed by atoms with E-state index in [1.54, 1.807) is 11.8 Å². The van der Waals surface area contributed by atoms with Gasteiger partial charge in [0.25, 0.3) is 0 Å². The fourth-order valence-electron chi connectivity index (χ4n) is 3.37. The Morgan fingerprint density at radius 1 is 1.15 bits per heavy atom. The molecule has 0 N–H and O–H groups in total. The minimum atomic E-state index is -0.328. The van der Waals surface area contributed by atoms with Crippen molar-refractivity contribution in [3.63, 3.8) is 0 Å². The lowest BCUT2D eigenvalue weighted by Gasteiger charge is -2.34. The third kappa shape index (κ3) is 4.30. The van der Waals surface area contributed by atoms with Gasteiger partial charge in [0.15, 0.2) is 0 Å². The van der Waals surface area contributed by atoms with Gasteiger partial charge in [-0.3, -0.25) is 9.59 Å². The summed E-state index contributed by atoms with van der Waals surface area (Å²) in [5.74, 6) is 1.31. The van der Waals surface area contributed by atoms with E-state index < -0.39 is 0 Å². The van der Waals surface area contributed by atoms with Crippen molar-refractivity contribution in [2.24, 2.45) is 0 Å². The van der Waals surface area contributed by atoms with Crippen LogP contribution in [0.5, 0.6) is 0 Å². The molecule has 0 spiro atoms. The highest BCUT2D eigenvalue weighted by molar-refractivity contribution is 5.81. The van der Waals surface area contributed by atoms with E-state index >= 15 is 0 Å². The van der Waals surface area contributed by atoms with Gasteiger partial charge in [0.05, 0.1) is 38.5 Å². The molecule has 3 heterocycles. The lowest BCUT2D eigenvalue weighted by Crippen LogP contribution is -2.41. The third-order valence-corrected chi connectivity index (χ3v) is 4.66. The van der Waals surface area contributed by atoms with E-state index in [4.69, 9.17) is 9.47 Å². The van der Waals surface area contributed by atoms with Gasteiger partial charge in [-0.2, -0.15) is 0 Å². The molecular weight excluding hydrogens is 336 g/mol. The Morgan fingerprint density at radius 2 is 1.92 bits per heavy atom. The monoisotopic (exact) mass is 362 g/mol. The Balaban J connectivity index is 1.72. The summed E-state index contributed by atoms with van der Waals surface area (Å²) in [7, 11) is 0. The number of morpholine rings is 1. The van der Waals surface area contributed by atoms with E-state index in [1.807, 2.05) is 6.92 Å². The Hall–Kier alpha value is -2.22. The second kappa shape index (κ2) is 8.44. The molecule has 1 aromatic rings. The average molecular weight is 362 g/mol. The highest BCUT2D eigenvalue weighted by atomic mass is 16.5. The van der Waals surface area contributed by atoms with Gasteiger partial charge < -0.3 is 19.3 Å². The molecule has 0 unspecified atom stereocenters. The van der Waals surface area contributed by atoms with Crippen molar-refractivity contribution in [1.29, 1.82) is 0 Å². The van der Waals surface area contributed by atoms with Crippen molar-refractivity contribution in [2.45, 2.75) is 39.7 Å². The molecule has 8 nitrogen and oxygen atoms in total. The smallest absolute Gasteiger partial charge is 0.306 e. The third-order valence-electron chi connectivity index (χ3n) is 4.66. The topological polar surface area (TPSA) is 84.9 Å². The number of aromatic nitrogens is 2. The van der Waals surface area contributed by atoms with Crippen LogP contribution in [0.3, 0.4) is 0 Å². The van der Waals surface area contributed by atoms with Crippen LogP contribution in [0.2, 0.25) is 0 Å². The summed E-state index contributed by atoms with van der Waals surface area (Å²) in [6.07, 6.45) is 1.01. The minimum absolute atomic E-state index is 0.0304. The quantitative estimate of drug-likeness (QED) is 0.718. The Kier molecular flexibility index (Phi) is 6.03. The van der Waals surface area contributed by atoms with Crippen molar-refractivity contribution in [3.8, 4) is 0 Å². The molecular formula is C18H26N4O4. The number of carbonyl (C=O) groups is 2. The van der Waals surface area contributed by atoms with Gasteiger partial charge in [0.1, 0.15) is 11.6 Å². The molecule has 8 heteroatoms. The first-order valence-corrected chi connectivity index (χ1v) is 9.21. The highest BCUT2D eigenvalue weighted by Gasteiger charge is 2.28. The number of nitrogens with zero attached hydrogens (tertiary/aromatic N) is 4. The molecule has 0 saturated carbocycles. The fraction of sp³-hybridized carbons (Fsp3) is 0.667. The SMILES string of the molecule is CCOC(=O)CCC(=O)N1CCc2nc(C)nc(N3CCOCC3)c2C1. The summed E-state index contributed by atoms with van der Waals surface area (Å²) in [4.78, 5) is 37.2.